The van der Waals surface area contributed by atoms with Crippen LogP contribution in [0.1, 0.15) is 50.8 Å². The van der Waals surface area contributed by atoms with Gasteiger partial charge >= 0.3 is 0 Å². The van der Waals surface area contributed by atoms with Crippen molar-refractivity contribution in [2.24, 2.45) is 0 Å². The fraction of sp³-hybridized carbons (Fsp3) is 0.348. The van der Waals surface area contributed by atoms with Gasteiger partial charge in [0.15, 0.2) is 9.84 Å². The second kappa shape index (κ2) is 8.82. The lowest BCUT2D eigenvalue weighted by atomic mass is 10.1. The minimum Gasteiger partial charge on any atom is -0.342 e. The summed E-state index contributed by atoms with van der Waals surface area (Å²) in [5.74, 6) is -1.79. The van der Waals surface area contributed by atoms with Crippen LogP contribution in [0.2, 0.25) is 0 Å². The molecular weight excluding hydrogens is 435 g/mol. The zero-order valence-corrected chi connectivity index (χ0v) is 18.2. The molecule has 0 N–H and O–H groups in total. The van der Waals surface area contributed by atoms with Crippen molar-refractivity contribution in [3.8, 4) is 0 Å². The standard InChI is InChI=1S/C23H23FN2O5S/c24-19-9-4-3-8-18(19)20-11-13-25(14-15-32(20,30)31)21(27)10-5-12-26-22(28)16-6-1-2-7-17(16)23(26)29/h1-4,6-9,20H,5,10-15H2. The molecule has 3 amide bonds. The first-order valence-corrected chi connectivity index (χ1v) is 12.2. The molecule has 2 aromatic rings. The van der Waals surface area contributed by atoms with Crippen molar-refractivity contribution < 1.29 is 27.2 Å². The van der Waals surface area contributed by atoms with E-state index in [1.165, 1.54) is 23.1 Å². The van der Waals surface area contributed by atoms with E-state index < -0.39 is 20.9 Å². The Morgan fingerprint density at radius 1 is 0.969 bits per heavy atom. The van der Waals surface area contributed by atoms with Gasteiger partial charge in [0.25, 0.3) is 11.8 Å². The van der Waals surface area contributed by atoms with E-state index in [2.05, 4.69) is 0 Å². The van der Waals surface area contributed by atoms with Crippen molar-refractivity contribution >= 4 is 27.6 Å². The van der Waals surface area contributed by atoms with Gasteiger partial charge in [-0.1, -0.05) is 30.3 Å². The van der Waals surface area contributed by atoms with Gasteiger partial charge in [0.2, 0.25) is 5.91 Å². The van der Waals surface area contributed by atoms with Crippen LogP contribution in [0, 0.1) is 5.82 Å². The predicted octanol–water partition coefficient (Wildman–Crippen LogP) is 2.59. The number of carbonyl (C=O) groups excluding carboxylic acids is 3. The summed E-state index contributed by atoms with van der Waals surface area (Å²) >= 11 is 0. The number of carbonyl (C=O) groups is 3. The number of hydrogen-bond donors (Lipinski definition) is 0. The van der Waals surface area contributed by atoms with Crippen LogP contribution in [0.4, 0.5) is 4.39 Å². The highest BCUT2D eigenvalue weighted by molar-refractivity contribution is 7.91. The lowest BCUT2D eigenvalue weighted by Crippen LogP contribution is -2.35. The highest BCUT2D eigenvalue weighted by Crippen LogP contribution is 2.31. The third-order valence-electron chi connectivity index (χ3n) is 6.00. The minimum absolute atomic E-state index is 0.0408. The number of nitrogens with zero attached hydrogens (tertiary/aromatic N) is 2. The average molecular weight is 459 g/mol. The first-order chi connectivity index (χ1) is 15.3. The molecular formula is C23H23FN2O5S. The van der Waals surface area contributed by atoms with Crippen LogP contribution in [0.5, 0.6) is 0 Å². The number of amides is 3. The van der Waals surface area contributed by atoms with Crippen LogP contribution >= 0.6 is 0 Å². The smallest absolute Gasteiger partial charge is 0.261 e. The van der Waals surface area contributed by atoms with Gasteiger partial charge in [0.05, 0.1) is 22.1 Å². The summed E-state index contributed by atoms with van der Waals surface area (Å²) in [6.45, 7) is 0.352. The molecule has 1 unspecified atom stereocenters. The summed E-state index contributed by atoms with van der Waals surface area (Å²) in [4.78, 5) is 40.1. The normalized spacial score (nSPS) is 20.2. The summed E-state index contributed by atoms with van der Waals surface area (Å²) < 4.78 is 39.6. The van der Waals surface area contributed by atoms with E-state index in [1.54, 1.807) is 30.3 Å². The Morgan fingerprint density at radius 2 is 1.59 bits per heavy atom. The number of benzene rings is 2. The van der Waals surface area contributed by atoms with Crippen LogP contribution in [0.3, 0.4) is 0 Å². The van der Waals surface area contributed by atoms with Crippen molar-refractivity contribution in [2.75, 3.05) is 25.4 Å². The van der Waals surface area contributed by atoms with E-state index in [4.69, 9.17) is 0 Å². The lowest BCUT2D eigenvalue weighted by Gasteiger charge is -2.21. The van der Waals surface area contributed by atoms with Gasteiger partial charge in [0, 0.05) is 31.6 Å². The first-order valence-electron chi connectivity index (χ1n) is 10.5. The molecule has 0 bridgehead atoms. The maximum atomic E-state index is 14.2. The molecule has 0 aliphatic carbocycles. The van der Waals surface area contributed by atoms with E-state index in [1.807, 2.05) is 0 Å². The van der Waals surface area contributed by atoms with Crippen LogP contribution < -0.4 is 0 Å². The van der Waals surface area contributed by atoms with Gasteiger partial charge in [0.1, 0.15) is 5.82 Å². The first kappa shape index (κ1) is 22.1. The van der Waals surface area contributed by atoms with Crippen LogP contribution in [0.15, 0.2) is 48.5 Å². The van der Waals surface area contributed by atoms with Crippen LogP contribution in [-0.4, -0.2) is 61.3 Å². The third-order valence-corrected chi connectivity index (χ3v) is 8.10. The van der Waals surface area contributed by atoms with Gasteiger partial charge in [-0.15, -0.1) is 0 Å². The highest BCUT2D eigenvalue weighted by atomic mass is 32.2. The zero-order valence-electron chi connectivity index (χ0n) is 17.4. The van der Waals surface area contributed by atoms with Crippen molar-refractivity contribution in [2.45, 2.75) is 24.5 Å². The van der Waals surface area contributed by atoms with Crippen LogP contribution in [-0.2, 0) is 14.6 Å². The van der Waals surface area contributed by atoms with Crippen molar-refractivity contribution in [3.05, 3.63) is 71.0 Å². The Hall–Kier alpha value is -3.07. The van der Waals surface area contributed by atoms with Gasteiger partial charge in [-0.25, -0.2) is 12.8 Å². The summed E-state index contributed by atoms with van der Waals surface area (Å²) in [6.07, 6.45) is 0.482. The summed E-state index contributed by atoms with van der Waals surface area (Å²) in [6, 6.07) is 12.4. The number of rotatable bonds is 5. The molecule has 7 nitrogen and oxygen atoms in total. The Morgan fingerprint density at radius 3 is 2.25 bits per heavy atom. The number of imide groups is 1. The largest absolute Gasteiger partial charge is 0.342 e. The molecule has 168 valence electrons. The molecule has 2 aromatic carbocycles. The molecule has 0 saturated carbocycles. The molecule has 1 saturated heterocycles. The summed E-state index contributed by atoms with van der Waals surface area (Å²) in [7, 11) is -3.61. The minimum atomic E-state index is -3.61. The molecule has 4 rings (SSSR count). The lowest BCUT2D eigenvalue weighted by molar-refractivity contribution is -0.131. The average Bonchev–Trinajstić information content (AvgIpc) is 2.91. The third kappa shape index (κ3) is 4.17. The van der Waals surface area contributed by atoms with Crippen molar-refractivity contribution in [1.82, 2.24) is 9.80 Å². The number of sulfone groups is 1. The molecule has 2 heterocycles. The predicted molar refractivity (Wildman–Crippen MR) is 115 cm³/mol. The number of halogens is 1. The fourth-order valence-electron chi connectivity index (χ4n) is 4.27. The Kier molecular flexibility index (Phi) is 6.10. The number of hydrogen-bond acceptors (Lipinski definition) is 5. The topological polar surface area (TPSA) is 91.8 Å². The number of fused-ring (bicyclic) bond motifs is 1. The van der Waals surface area contributed by atoms with Gasteiger partial charge in [-0.05, 0) is 31.0 Å². The Labute approximate surface area is 185 Å². The maximum absolute atomic E-state index is 14.2. The molecule has 0 radical (unpaired) electrons. The molecule has 9 heteroatoms. The van der Waals surface area contributed by atoms with E-state index >= 15 is 0 Å². The van der Waals surface area contributed by atoms with E-state index in [-0.39, 0.29) is 67.9 Å². The van der Waals surface area contributed by atoms with Crippen molar-refractivity contribution in [3.63, 3.8) is 0 Å². The molecule has 2 aliphatic rings. The second-order valence-corrected chi connectivity index (χ2v) is 10.3. The molecule has 32 heavy (non-hydrogen) atoms. The zero-order chi connectivity index (χ0) is 22.9. The Bertz CT molecular complexity index is 1150. The molecule has 0 aromatic heterocycles. The van der Waals surface area contributed by atoms with E-state index in [0.717, 1.165) is 4.90 Å². The van der Waals surface area contributed by atoms with E-state index in [9.17, 15) is 27.2 Å². The maximum Gasteiger partial charge on any atom is 0.261 e. The van der Waals surface area contributed by atoms with Crippen LogP contribution in [0.25, 0.3) is 0 Å². The monoisotopic (exact) mass is 458 g/mol. The quantitative estimate of drug-likeness (QED) is 0.643. The van der Waals surface area contributed by atoms with Crippen molar-refractivity contribution in [1.29, 1.82) is 0 Å². The molecule has 1 atom stereocenters. The van der Waals surface area contributed by atoms with Gasteiger partial charge in [-0.3, -0.25) is 19.3 Å². The summed E-state index contributed by atoms with van der Waals surface area (Å²) in [5, 5.41) is -0.986. The highest BCUT2D eigenvalue weighted by Gasteiger charge is 2.36. The van der Waals surface area contributed by atoms with Gasteiger partial charge in [-0.2, -0.15) is 0 Å². The second-order valence-electron chi connectivity index (χ2n) is 7.96. The molecule has 2 aliphatic heterocycles. The Balaban J connectivity index is 1.35. The molecule has 0 spiro atoms. The van der Waals surface area contributed by atoms with Gasteiger partial charge < -0.3 is 4.90 Å². The summed E-state index contributed by atoms with van der Waals surface area (Å²) in [5.41, 5.74) is 0.855. The molecule has 1 fully saturated rings. The van der Waals surface area contributed by atoms with E-state index in [0.29, 0.717) is 11.1 Å². The fourth-order valence-corrected chi connectivity index (χ4v) is 6.07. The SMILES string of the molecule is O=C(CCCN1C(=O)c2ccccc2C1=O)N1CCC(c2ccccc2F)S(=O)(=O)CC1.